The monoisotopic (exact) mass is 262 g/mol. The fourth-order valence-corrected chi connectivity index (χ4v) is 2.52. The van der Waals surface area contributed by atoms with E-state index >= 15 is 0 Å². The number of piperidine rings is 1. The van der Waals surface area contributed by atoms with E-state index in [2.05, 4.69) is 12.2 Å². The lowest BCUT2D eigenvalue weighted by Crippen LogP contribution is -2.51. The highest BCUT2D eigenvalue weighted by Crippen LogP contribution is 2.22. The van der Waals surface area contributed by atoms with Crippen LogP contribution in [0, 0.1) is 5.92 Å². The third kappa shape index (κ3) is 3.07. The summed E-state index contributed by atoms with van der Waals surface area (Å²) in [5, 5.41) is 3.33. The molecule has 1 aromatic carbocycles. The number of benzene rings is 1. The fraction of sp³-hybridized carbons (Fsp3) is 0.533. The molecule has 19 heavy (non-hydrogen) atoms. The maximum absolute atomic E-state index is 12.5. The summed E-state index contributed by atoms with van der Waals surface area (Å²) in [6, 6.07) is 7.49. The molecular formula is C15H22N2O2. The van der Waals surface area contributed by atoms with Crippen LogP contribution in [0.25, 0.3) is 0 Å². The van der Waals surface area contributed by atoms with Crippen LogP contribution in [-0.4, -0.2) is 32.7 Å². The number of ether oxygens (including phenoxy) is 1. The number of anilines is 1. The second-order valence-corrected chi connectivity index (χ2v) is 5.15. The summed E-state index contributed by atoms with van der Waals surface area (Å²) in [5.41, 5.74) is 0.894. The average molecular weight is 262 g/mol. The first-order valence-corrected chi connectivity index (χ1v) is 6.78. The minimum atomic E-state index is -0.0687. The van der Waals surface area contributed by atoms with Gasteiger partial charge in [-0.15, -0.1) is 0 Å². The van der Waals surface area contributed by atoms with Crippen LogP contribution in [-0.2, 0) is 4.79 Å². The Kier molecular flexibility index (Phi) is 4.43. The van der Waals surface area contributed by atoms with Crippen molar-refractivity contribution in [2.24, 2.45) is 5.92 Å². The van der Waals surface area contributed by atoms with E-state index in [0.717, 1.165) is 30.8 Å². The Morgan fingerprint density at radius 2 is 2.05 bits per heavy atom. The van der Waals surface area contributed by atoms with Crippen LogP contribution in [0.5, 0.6) is 5.75 Å². The predicted molar refractivity (Wildman–Crippen MR) is 76.6 cm³/mol. The maximum Gasteiger partial charge on any atom is 0.244 e. The van der Waals surface area contributed by atoms with Gasteiger partial charge in [0.15, 0.2) is 0 Å². The van der Waals surface area contributed by atoms with Crippen molar-refractivity contribution >= 4 is 11.6 Å². The molecule has 0 saturated carbocycles. The largest absolute Gasteiger partial charge is 0.497 e. The quantitative estimate of drug-likeness (QED) is 0.906. The summed E-state index contributed by atoms with van der Waals surface area (Å²) in [5.74, 6) is 1.33. The number of carbonyl (C=O) groups is 1. The van der Waals surface area contributed by atoms with Gasteiger partial charge in [-0.2, -0.15) is 0 Å². The Morgan fingerprint density at radius 1 is 1.37 bits per heavy atom. The van der Waals surface area contributed by atoms with Crippen molar-refractivity contribution in [3.8, 4) is 5.75 Å². The molecule has 4 heteroatoms. The Bertz CT molecular complexity index is 430. The SMILES string of the molecule is COc1ccc(N(C)C(=O)C2NCCCC2C)cc1. The van der Waals surface area contributed by atoms with Gasteiger partial charge in [0, 0.05) is 12.7 Å². The van der Waals surface area contributed by atoms with Gasteiger partial charge in [0.25, 0.3) is 0 Å². The molecule has 0 aromatic heterocycles. The average Bonchev–Trinajstić information content (AvgIpc) is 2.46. The summed E-state index contributed by atoms with van der Waals surface area (Å²) in [4.78, 5) is 14.2. The number of nitrogens with one attached hydrogen (secondary N) is 1. The van der Waals surface area contributed by atoms with Crippen molar-refractivity contribution in [2.75, 3.05) is 25.6 Å². The second kappa shape index (κ2) is 6.06. The smallest absolute Gasteiger partial charge is 0.244 e. The van der Waals surface area contributed by atoms with E-state index in [1.54, 1.807) is 12.0 Å². The summed E-state index contributed by atoms with van der Waals surface area (Å²) in [6.07, 6.45) is 2.26. The van der Waals surface area contributed by atoms with Crippen LogP contribution in [0.3, 0.4) is 0 Å². The third-order valence-corrected chi connectivity index (χ3v) is 3.83. The van der Waals surface area contributed by atoms with Gasteiger partial charge in [-0.25, -0.2) is 0 Å². The van der Waals surface area contributed by atoms with Gasteiger partial charge in [-0.05, 0) is 49.6 Å². The Morgan fingerprint density at radius 3 is 2.63 bits per heavy atom. The van der Waals surface area contributed by atoms with Crippen molar-refractivity contribution in [1.29, 1.82) is 0 Å². The van der Waals surface area contributed by atoms with Gasteiger partial charge in [-0.1, -0.05) is 6.92 Å². The van der Waals surface area contributed by atoms with Gasteiger partial charge >= 0.3 is 0 Å². The Balaban J connectivity index is 2.08. The zero-order chi connectivity index (χ0) is 13.8. The number of methoxy groups -OCH3 is 1. The summed E-state index contributed by atoms with van der Waals surface area (Å²) < 4.78 is 5.13. The van der Waals surface area contributed by atoms with Gasteiger partial charge < -0.3 is 15.0 Å². The minimum absolute atomic E-state index is 0.0687. The Labute approximate surface area is 114 Å². The molecule has 0 spiro atoms. The molecule has 1 saturated heterocycles. The first-order chi connectivity index (χ1) is 9.13. The molecule has 0 aliphatic carbocycles. The van der Waals surface area contributed by atoms with Gasteiger partial charge in [-0.3, -0.25) is 4.79 Å². The molecule has 2 unspecified atom stereocenters. The molecule has 1 aromatic rings. The minimum Gasteiger partial charge on any atom is -0.497 e. The third-order valence-electron chi connectivity index (χ3n) is 3.83. The van der Waals surface area contributed by atoms with Crippen molar-refractivity contribution in [2.45, 2.75) is 25.8 Å². The molecule has 1 fully saturated rings. The molecule has 1 aliphatic rings. The van der Waals surface area contributed by atoms with Crippen molar-refractivity contribution in [1.82, 2.24) is 5.32 Å². The zero-order valence-electron chi connectivity index (χ0n) is 11.8. The van der Waals surface area contributed by atoms with Crippen LogP contribution in [0.1, 0.15) is 19.8 Å². The summed E-state index contributed by atoms with van der Waals surface area (Å²) in [6.45, 7) is 3.06. The molecule has 1 N–H and O–H groups in total. The van der Waals surface area contributed by atoms with Crippen LogP contribution in [0.2, 0.25) is 0 Å². The number of hydrogen-bond donors (Lipinski definition) is 1. The second-order valence-electron chi connectivity index (χ2n) is 5.15. The summed E-state index contributed by atoms with van der Waals surface area (Å²) >= 11 is 0. The number of nitrogens with zero attached hydrogens (tertiary/aromatic N) is 1. The first-order valence-electron chi connectivity index (χ1n) is 6.78. The molecule has 1 amide bonds. The lowest BCUT2D eigenvalue weighted by molar-refractivity contribution is -0.121. The number of rotatable bonds is 3. The van der Waals surface area contributed by atoms with Gasteiger partial charge in [0.05, 0.1) is 13.2 Å². The van der Waals surface area contributed by atoms with Gasteiger partial charge in [0.1, 0.15) is 5.75 Å². The molecule has 104 valence electrons. The highest BCUT2D eigenvalue weighted by molar-refractivity contribution is 5.97. The number of amides is 1. The van der Waals surface area contributed by atoms with E-state index in [4.69, 9.17) is 4.74 Å². The Hall–Kier alpha value is -1.55. The summed E-state index contributed by atoms with van der Waals surface area (Å²) in [7, 11) is 3.46. The molecule has 1 heterocycles. The van der Waals surface area contributed by atoms with Crippen LogP contribution < -0.4 is 15.0 Å². The standard InChI is InChI=1S/C15H22N2O2/c1-11-5-4-10-16-14(11)15(18)17(2)12-6-8-13(19-3)9-7-12/h6-9,11,14,16H,4-5,10H2,1-3H3. The number of likely N-dealkylation sites (N-methyl/N-ethyl adjacent to an activating group) is 1. The highest BCUT2D eigenvalue weighted by atomic mass is 16.5. The topological polar surface area (TPSA) is 41.6 Å². The van der Waals surface area contributed by atoms with E-state index in [-0.39, 0.29) is 11.9 Å². The molecule has 1 aliphatic heterocycles. The molecule has 2 atom stereocenters. The van der Waals surface area contributed by atoms with Crippen molar-refractivity contribution in [3.63, 3.8) is 0 Å². The van der Waals surface area contributed by atoms with Gasteiger partial charge in [0.2, 0.25) is 5.91 Å². The van der Waals surface area contributed by atoms with E-state index < -0.39 is 0 Å². The lowest BCUT2D eigenvalue weighted by atomic mass is 9.92. The van der Waals surface area contributed by atoms with Crippen molar-refractivity contribution in [3.05, 3.63) is 24.3 Å². The normalized spacial score (nSPS) is 22.9. The van der Waals surface area contributed by atoms with Crippen LogP contribution >= 0.6 is 0 Å². The molecule has 0 bridgehead atoms. The first kappa shape index (κ1) is 13.9. The van der Waals surface area contributed by atoms with Crippen molar-refractivity contribution < 1.29 is 9.53 Å². The molecular weight excluding hydrogens is 240 g/mol. The predicted octanol–water partition coefficient (Wildman–Crippen LogP) is 2.05. The maximum atomic E-state index is 12.5. The number of carbonyl (C=O) groups excluding carboxylic acids is 1. The molecule has 0 radical (unpaired) electrons. The number of hydrogen-bond acceptors (Lipinski definition) is 3. The van der Waals surface area contributed by atoms with Crippen LogP contribution in [0.4, 0.5) is 5.69 Å². The highest BCUT2D eigenvalue weighted by Gasteiger charge is 2.29. The zero-order valence-corrected chi connectivity index (χ0v) is 11.8. The molecule has 2 rings (SSSR count). The lowest BCUT2D eigenvalue weighted by Gasteiger charge is -2.32. The van der Waals surface area contributed by atoms with E-state index in [1.807, 2.05) is 31.3 Å². The van der Waals surface area contributed by atoms with E-state index in [0.29, 0.717) is 5.92 Å². The van der Waals surface area contributed by atoms with E-state index in [1.165, 1.54) is 0 Å². The van der Waals surface area contributed by atoms with E-state index in [9.17, 15) is 4.79 Å². The molecule has 4 nitrogen and oxygen atoms in total. The fourth-order valence-electron chi connectivity index (χ4n) is 2.52. The van der Waals surface area contributed by atoms with Crippen LogP contribution in [0.15, 0.2) is 24.3 Å².